The average Bonchev–Trinajstić information content (AvgIpc) is 2.93. The minimum Gasteiger partial charge on any atom is -0.507 e. The molecule has 5 N–H and O–H groups in total. The molecule has 1 unspecified atom stereocenters. The number of amides is 3. The number of aliphatic carboxylic acids is 1. The number of hydrogen-bond acceptors (Lipinski definition) is 7. The van der Waals surface area contributed by atoms with Gasteiger partial charge in [-0.05, 0) is 59.8 Å². The largest absolute Gasteiger partial charge is 0.507 e. The molecule has 0 fully saturated rings. The van der Waals surface area contributed by atoms with Gasteiger partial charge in [-0.15, -0.1) is 6.42 Å². The summed E-state index contributed by atoms with van der Waals surface area (Å²) in [5.41, 5.74) is 0.947. The summed E-state index contributed by atoms with van der Waals surface area (Å²) in [5, 5.41) is 27.6. The van der Waals surface area contributed by atoms with Crippen LogP contribution in [-0.2, 0) is 19.1 Å². The number of pyridine rings is 1. The van der Waals surface area contributed by atoms with Crippen molar-refractivity contribution >= 4 is 50.7 Å². The highest BCUT2D eigenvalue weighted by molar-refractivity contribution is 9.10. The Bertz CT molecular complexity index is 1220. The molecule has 0 aliphatic rings. The SMILES string of the molecule is C#CCNC(=O)CCCCCNC(=O)OC(CCNC(=O)CCCCC(=O)O)c1ccc2ccc(O)c(Br)c2n1. The number of terminal acetylenes is 1. The van der Waals surface area contributed by atoms with E-state index in [9.17, 15) is 24.3 Å². The molecule has 1 aromatic carbocycles. The van der Waals surface area contributed by atoms with Gasteiger partial charge in [0.25, 0.3) is 0 Å². The lowest BCUT2D eigenvalue weighted by Gasteiger charge is -2.19. The average molecular weight is 620 g/mol. The van der Waals surface area contributed by atoms with Crippen molar-refractivity contribution in [3.05, 3.63) is 34.4 Å². The van der Waals surface area contributed by atoms with E-state index in [1.54, 1.807) is 24.3 Å². The van der Waals surface area contributed by atoms with Crippen molar-refractivity contribution in [1.82, 2.24) is 20.9 Å². The predicted molar refractivity (Wildman–Crippen MR) is 152 cm³/mol. The van der Waals surface area contributed by atoms with Gasteiger partial charge in [-0.2, -0.15) is 0 Å². The molecular formula is C28H35BrN4O7. The van der Waals surface area contributed by atoms with Gasteiger partial charge in [0.15, 0.2) is 0 Å². The Morgan fingerprint density at radius 2 is 1.60 bits per heavy atom. The van der Waals surface area contributed by atoms with Crippen molar-refractivity contribution < 1.29 is 34.1 Å². The zero-order chi connectivity index (χ0) is 29.3. The number of phenols is 1. The van der Waals surface area contributed by atoms with Crippen LogP contribution in [0.4, 0.5) is 4.79 Å². The number of carbonyl (C=O) groups excluding carboxylic acids is 3. The molecule has 1 atom stereocenters. The molecule has 0 spiro atoms. The molecule has 0 bridgehead atoms. The fourth-order valence-electron chi connectivity index (χ4n) is 3.78. The molecular weight excluding hydrogens is 584 g/mol. The van der Waals surface area contributed by atoms with Crippen molar-refractivity contribution in [1.29, 1.82) is 0 Å². The summed E-state index contributed by atoms with van der Waals surface area (Å²) in [6.45, 7) is 0.765. The Hall–Kier alpha value is -3.85. The summed E-state index contributed by atoms with van der Waals surface area (Å²) >= 11 is 3.34. The minimum atomic E-state index is -0.898. The van der Waals surface area contributed by atoms with Crippen molar-refractivity contribution in [2.75, 3.05) is 19.6 Å². The first-order valence-corrected chi connectivity index (χ1v) is 13.9. The van der Waals surface area contributed by atoms with E-state index in [2.05, 4.69) is 42.8 Å². The molecule has 12 heteroatoms. The van der Waals surface area contributed by atoms with Crippen LogP contribution in [-0.4, -0.2) is 58.7 Å². The Morgan fingerprint density at radius 1 is 0.925 bits per heavy atom. The number of fused-ring (bicyclic) bond motifs is 1. The molecule has 0 saturated carbocycles. The zero-order valence-electron chi connectivity index (χ0n) is 22.2. The van der Waals surface area contributed by atoms with Crippen LogP contribution >= 0.6 is 15.9 Å². The number of hydrogen-bond donors (Lipinski definition) is 5. The van der Waals surface area contributed by atoms with Gasteiger partial charge in [0.2, 0.25) is 11.8 Å². The maximum Gasteiger partial charge on any atom is 0.407 e. The van der Waals surface area contributed by atoms with E-state index < -0.39 is 18.2 Å². The lowest BCUT2D eigenvalue weighted by molar-refractivity contribution is -0.137. The van der Waals surface area contributed by atoms with Crippen LogP contribution in [0.15, 0.2) is 28.7 Å². The number of halogens is 1. The third kappa shape index (κ3) is 11.9. The van der Waals surface area contributed by atoms with Gasteiger partial charge in [0.1, 0.15) is 11.9 Å². The number of ether oxygens (including phenoxy) is 1. The van der Waals surface area contributed by atoms with Gasteiger partial charge in [0, 0.05) is 44.2 Å². The monoisotopic (exact) mass is 618 g/mol. The molecule has 216 valence electrons. The number of alkyl carbamates (subject to hydrolysis) is 1. The summed E-state index contributed by atoms with van der Waals surface area (Å²) in [6.07, 6.45) is 7.42. The number of carbonyl (C=O) groups is 4. The first kappa shape index (κ1) is 32.4. The number of nitrogens with zero attached hydrogens (tertiary/aromatic N) is 1. The Labute approximate surface area is 241 Å². The molecule has 0 saturated heterocycles. The van der Waals surface area contributed by atoms with E-state index in [1.807, 2.05) is 0 Å². The second-order valence-corrected chi connectivity index (χ2v) is 9.85. The first-order valence-electron chi connectivity index (χ1n) is 13.1. The van der Waals surface area contributed by atoms with Gasteiger partial charge < -0.3 is 30.9 Å². The van der Waals surface area contributed by atoms with Crippen molar-refractivity contribution in [2.45, 2.75) is 63.9 Å². The van der Waals surface area contributed by atoms with Crippen LogP contribution in [0.1, 0.15) is 69.6 Å². The van der Waals surface area contributed by atoms with Gasteiger partial charge in [-0.3, -0.25) is 14.4 Å². The predicted octanol–water partition coefficient (Wildman–Crippen LogP) is 3.93. The van der Waals surface area contributed by atoms with E-state index in [1.165, 1.54) is 0 Å². The summed E-state index contributed by atoms with van der Waals surface area (Å²) < 4.78 is 6.08. The maximum atomic E-state index is 12.6. The summed E-state index contributed by atoms with van der Waals surface area (Å²) in [5.74, 6) is 1.14. The minimum absolute atomic E-state index is 0.0128. The Morgan fingerprint density at radius 3 is 2.33 bits per heavy atom. The fourth-order valence-corrected chi connectivity index (χ4v) is 4.23. The summed E-state index contributed by atoms with van der Waals surface area (Å²) in [7, 11) is 0. The second-order valence-electron chi connectivity index (χ2n) is 9.06. The number of phenolic OH excluding ortho intramolecular Hbond substituents is 1. The Kier molecular flexibility index (Phi) is 14.3. The quantitative estimate of drug-likeness (QED) is 0.131. The molecule has 0 radical (unpaired) electrons. The molecule has 3 amide bonds. The maximum absolute atomic E-state index is 12.6. The van der Waals surface area contributed by atoms with Crippen LogP contribution in [0.5, 0.6) is 5.75 Å². The van der Waals surface area contributed by atoms with Gasteiger partial charge in [0.05, 0.1) is 22.2 Å². The number of benzene rings is 1. The molecule has 2 aromatic rings. The molecule has 1 aromatic heterocycles. The van der Waals surface area contributed by atoms with Gasteiger partial charge in [-0.1, -0.05) is 18.4 Å². The topological polar surface area (TPSA) is 167 Å². The van der Waals surface area contributed by atoms with E-state index >= 15 is 0 Å². The highest BCUT2D eigenvalue weighted by Gasteiger charge is 2.20. The molecule has 2 rings (SSSR count). The van der Waals surface area contributed by atoms with Gasteiger partial charge in [-0.25, -0.2) is 9.78 Å². The molecule has 11 nitrogen and oxygen atoms in total. The van der Waals surface area contributed by atoms with E-state index in [4.69, 9.17) is 16.3 Å². The lowest BCUT2D eigenvalue weighted by atomic mass is 10.1. The van der Waals surface area contributed by atoms with Crippen molar-refractivity contribution in [2.24, 2.45) is 0 Å². The first-order chi connectivity index (χ1) is 19.2. The van der Waals surface area contributed by atoms with Gasteiger partial charge >= 0.3 is 12.1 Å². The van der Waals surface area contributed by atoms with Crippen LogP contribution in [0.2, 0.25) is 0 Å². The molecule has 40 heavy (non-hydrogen) atoms. The van der Waals surface area contributed by atoms with Crippen LogP contribution in [0, 0.1) is 12.3 Å². The number of unbranched alkanes of at least 4 members (excludes halogenated alkanes) is 3. The van der Waals surface area contributed by atoms with E-state index in [0.717, 1.165) is 11.8 Å². The van der Waals surface area contributed by atoms with Crippen LogP contribution < -0.4 is 16.0 Å². The molecule has 0 aliphatic heterocycles. The third-order valence-corrected chi connectivity index (χ3v) is 6.67. The summed E-state index contributed by atoms with van der Waals surface area (Å²) in [4.78, 5) is 51.5. The smallest absolute Gasteiger partial charge is 0.407 e. The standard InChI is InChI=1S/C28H35BrN4O7/c1-2-16-30-23(35)8-4-3-7-17-32-28(39)40-22(15-18-31-24(36)9-5-6-10-25(37)38)20-13-11-19-12-14-21(34)26(29)27(19)33-20/h1,11-14,22,34H,3-10,15-18H2,(H,30,35)(H,31,36)(H,32,39)(H,37,38). The highest BCUT2D eigenvalue weighted by Crippen LogP contribution is 2.32. The number of aromatic nitrogens is 1. The number of rotatable bonds is 17. The summed E-state index contributed by atoms with van der Waals surface area (Å²) in [6, 6.07) is 6.79. The normalized spacial score (nSPS) is 11.3. The molecule has 0 aliphatic carbocycles. The number of carboxylic acid groups (broad SMARTS) is 1. The number of aromatic hydroxyl groups is 1. The van der Waals surface area contributed by atoms with Crippen molar-refractivity contribution in [3.8, 4) is 18.1 Å². The fraction of sp³-hybridized carbons (Fsp3) is 0.464. The Balaban J connectivity index is 1.93. The third-order valence-electron chi connectivity index (χ3n) is 5.89. The number of carboxylic acids is 1. The van der Waals surface area contributed by atoms with Crippen molar-refractivity contribution in [3.63, 3.8) is 0 Å². The second kappa shape index (κ2) is 17.7. The number of nitrogens with one attached hydrogen (secondary N) is 3. The highest BCUT2D eigenvalue weighted by atomic mass is 79.9. The molecule has 1 heterocycles. The van der Waals surface area contributed by atoms with E-state index in [0.29, 0.717) is 54.3 Å². The van der Waals surface area contributed by atoms with E-state index in [-0.39, 0.29) is 49.9 Å². The van der Waals surface area contributed by atoms with Crippen LogP contribution in [0.25, 0.3) is 10.9 Å². The zero-order valence-corrected chi connectivity index (χ0v) is 23.8. The lowest BCUT2D eigenvalue weighted by Crippen LogP contribution is -2.30. The van der Waals surface area contributed by atoms with Crippen LogP contribution in [0.3, 0.4) is 0 Å².